The Morgan fingerprint density at radius 2 is 1.93 bits per heavy atom. The first kappa shape index (κ1) is 12.1. The summed E-state index contributed by atoms with van der Waals surface area (Å²) in [6.45, 7) is 5.38. The van der Waals surface area contributed by atoms with Gasteiger partial charge >= 0.3 is 0 Å². The van der Waals surface area contributed by atoms with Crippen LogP contribution in [0.15, 0.2) is 24.3 Å². The Bertz CT molecular complexity index is 301. The largest absolute Gasteiger partial charge is 0.387 e. The van der Waals surface area contributed by atoms with Gasteiger partial charge in [-0.05, 0) is 18.5 Å². The van der Waals surface area contributed by atoms with Gasteiger partial charge in [-0.15, -0.1) is 0 Å². The van der Waals surface area contributed by atoms with Crippen LogP contribution >= 0.6 is 0 Å². The highest BCUT2D eigenvalue weighted by Gasteiger charge is 2.11. The van der Waals surface area contributed by atoms with Crippen molar-refractivity contribution in [3.8, 4) is 0 Å². The molecule has 0 amide bonds. The number of benzene rings is 1. The molecular formula is C12H18FNO. The Morgan fingerprint density at radius 3 is 2.53 bits per heavy atom. The van der Waals surface area contributed by atoms with Crippen molar-refractivity contribution >= 4 is 0 Å². The summed E-state index contributed by atoms with van der Waals surface area (Å²) in [6, 6.07) is 6.31. The molecule has 0 spiro atoms. The van der Waals surface area contributed by atoms with Gasteiger partial charge in [-0.2, -0.15) is 0 Å². The van der Waals surface area contributed by atoms with Crippen LogP contribution in [-0.4, -0.2) is 18.2 Å². The third kappa shape index (κ3) is 3.98. The molecule has 1 atom stereocenters. The van der Waals surface area contributed by atoms with Crippen molar-refractivity contribution < 1.29 is 9.50 Å². The maximum atomic E-state index is 13.2. The van der Waals surface area contributed by atoms with Crippen molar-refractivity contribution in [2.45, 2.75) is 20.0 Å². The van der Waals surface area contributed by atoms with E-state index in [-0.39, 0.29) is 5.82 Å². The molecule has 0 aliphatic carbocycles. The van der Waals surface area contributed by atoms with E-state index in [9.17, 15) is 9.50 Å². The van der Waals surface area contributed by atoms with Crippen molar-refractivity contribution in [2.24, 2.45) is 5.92 Å². The van der Waals surface area contributed by atoms with Crippen LogP contribution in [0, 0.1) is 11.7 Å². The van der Waals surface area contributed by atoms with Gasteiger partial charge in [0.25, 0.3) is 0 Å². The van der Waals surface area contributed by atoms with Gasteiger partial charge < -0.3 is 10.4 Å². The predicted molar refractivity (Wildman–Crippen MR) is 59.1 cm³/mol. The van der Waals surface area contributed by atoms with Crippen molar-refractivity contribution in [1.82, 2.24) is 5.32 Å². The molecule has 1 rings (SSSR count). The van der Waals surface area contributed by atoms with Gasteiger partial charge in [0, 0.05) is 12.1 Å². The van der Waals surface area contributed by atoms with E-state index in [1.165, 1.54) is 6.07 Å². The molecule has 84 valence electrons. The molecule has 0 aliphatic heterocycles. The minimum atomic E-state index is -0.773. The molecule has 2 nitrogen and oxygen atoms in total. The second-order valence-electron chi connectivity index (χ2n) is 4.09. The summed E-state index contributed by atoms with van der Waals surface area (Å²) in [5, 5.41) is 12.8. The third-order valence-electron chi connectivity index (χ3n) is 2.15. The summed E-state index contributed by atoms with van der Waals surface area (Å²) < 4.78 is 13.2. The fourth-order valence-corrected chi connectivity index (χ4v) is 1.36. The van der Waals surface area contributed by atoms with Crippen LogP contribution in [0.5, 0.6) is 0 Å². The van der Waals surface area contributed by atoms with E-state index in [2.05, 4.69) is 19.2 Å². The lowest BCUT2D eigenvalue weighted by molar-refractivity contribution is 0.169. The lowest BCUT2D eigenvalue weighted by atomic mass is 10.1. The first-order chi connectivity index (χ1) is 7.11. The standard InChI is InChI=1S/C12H18FNO/c1-9(2)7-14-8-12(15)10-5-3-4-6-11(10)13/h3-6,9,12,14-15H,7-8H2,1-2H3. The lowest BCUT2D eigenvalue weighted by Crippen LogP contribution is -2.25. The Balaban J connectivity index is 2.47. The molecule has 15 heavy (non-hydrogen) atoms. The number of rotatable bonds is 5. The van der Waals surface area contributed by atoms with Crippen LogP contribution in [0.4, 0.5) is 4.39 Å². The van der Waals surface area contributed by atoms with E-state index in [4.69, 9.17) is 0 Å². The highest BCUT2D eigenvalue weighted by Crippen LogP contribution is 2.15. The van der Waals surface area contributed by atoms with E-state index in [0.29, 0.717) is 18.0 Å². The van der Waals surface area contributed by atoms with Crippen LogP contribution in [0.3, 0.4) is 0 Å². The summed E-state index contributed by atoms with van der Waals surface area (Å²) in [5.74, 6) is 0.175. The zero-order valence-corrected chi connectivity index (χ0v) is 9.20. The zero-order chi connectivity index (χ0) is 11.3. The summed E-state index contributed by atoms with van der Waals surface area (Å²) in [7, 11) is 0. The van der Waals surface area contributed by atoms with E-state index < -0.39 is 6.10 Å². The van der Waals surface area contributed by atoms with Crippen LogP contribution in [0.1, 0.15) is 25.5 Å². The zero-order valence-electron chi connectivity index (χ0n) is 9.20. The molecule has 0 bridgehead atoms. The molecule has 1 aromatic rings. The summed E-state index contributed by atoms with van der Waals surface area (Å²) >= 11 is 0. The number of aliphatic hydroxyl groups is 1. The van der Waals surface area contributed by atoms with E-state index in [0.717, 1.165) is 6.54 Å². The van der Waals surface area contributed by atoms with E-state index in [1.54, 1.807) is 18.2 Å². The SMILES string of the molecule is CC(C)CNCC(O)c1ccccc1F. The predicted octanol–water partition coefficient (Wildman–Crippen LogP) is 2.10. The van der Waals surface area contributed by atoms with Gasteiger partial charge in [0.2, 0.25) is 0 Å². The van der Waals surface area contributed by atoms with E-state index >= 15 is 0 Å². The highest BCUT2D eigenvalue weighted by atomic mass is 19.1. The Kier molecular flexibility index (Phi) is 4.72. The van der Waals surface area contributed by atoms with Gasteiger partial charge in [-0.1, -0.05) is 32.0 Å². The molecule has 0 fully saturated rings. The molecule has 1 aromatic carbocycles. The molecule has 0 saturated carbocycles. The average molecular weight is 211 g/mol. The minimum absolute atomic E-state index is 0.351. The number of aliphatic hydroxyl groups excluding tert-OH is 1. The minimum Gasteiger partial charge on any atom is -0.387 e. The Labute approximate surface area is 90.1 Å². The lowest BCUT2D eigenvalue weighted by Gasteiger charge is -2.13. The maximum absolute atomic E-state index is 13.2. The van der Waals surface area contributed by atoms with Crippen molar-refractivity contribution in [3.63, 3.8) is 0 Å². The molecule has 0 saturated heterocycles. The molecule has 1 unspecified atom stereocenters. The normalized spacial score (nSPS) is 13.1. The fraction of sp³-hybridized carbons (Fsp3) is 0.500. The fourth-order valence-electron chi connectivity index (χ4n) is 1.36. The van der Waals surface area contributed by atoms with Crippen molar-refractivity contribution in [2.75, 3.05) is 13.1 Å². The Morgan fingerprint density at radius 1 is 1.27 bits per heavy atom. The summed E-state index contributed by atoms with van der Waals surface area (Å²) in [4.78, 5) is 0. The highest BCUT2D eigenvalue weighted by molar-refractivity contribution is 5.19. The number of hydrogen-bond donors (Lipinski definition) is 2. The van der Waals surface area contributed by atoms with Gasteiger partial charge in [-0.25, -0.2) is 4.39 Å². The molecule has 2 N–H and O–H groups in total. The third-order valence-corrected chi connectivity index (χ3v) is 2.15. The average Bonchev–Trinajstić information content (AvgIpc) is 2.17. The molecular weight excluding hydrogens is 193 g/mol. The molecule has 0 aromatic heterocycles. The quantitative estimate of drug-likeness (QED) is 0.781. The summed E-state index contributed by atoms with van der Waals surface area (Å²) in [6.07, 6.45) is -0.773. The van der Waals surface area contributed by atoms with Crippen LogP contribution in [-0.2, 0) is 0 Å². The molecule has 3 heteroatoms. The van der Waals surface area contributed by atoms with Gasteiger partial charge in [0.15, 0.2) is 0 Å². The molecule has 0 aliphatic rings. The Hall–Kier alpha value is -0.930. The number of nitrogens with one attached hydrogen (secondary N) is 1. The first-order valence-electron chi connectivity index (χ1n) is 5.24. The first-order valence-corrected chi connectivity index (χ1v) is 5.24. The van der Waals surface area contributed by atoms with Gasteiger partial charge in [-0.3, -0.25) is 0 Å². The van der Waals surface area contributed by atoms with Crippen LogP contribution in [0.25, 0.3) is 0 Å². The maximum Gasteiger partial charge on any atom is 0.129 e. The van der Waals surface area contributed by atoms with Crippen LogP contribution in [0.2, 0.25) is 0 Å². The topological polar surface area (TPSA) is 32.3 Å². The van der Waals surface area contributed by atoms with Crippen molar-refractivity contribution in [1.29, 1.82) is 0 Å². The van der Waals surface area contributed by atoms with Crippen LogP contribution < -0.4 is 5.32 Å². The van der Waals surface area contributed by atoms with E-state index in [1.807, 2.05) is 0 Å². The smallest absolute Gasteiger partial charge is 0.129 e. The number of hydrogen-bond acceptors (Lipinski definition) is 2. The van der Waals surface area contributed by atoms with Gasteiger partial charge in [0.05, 0.1) is 6.10 Å². The summed E-state index contributed by atoms with van der Waals surface area (Å²) in [5.41, 5.74) is 0.355. The second kappa shape index (κ2) is 5.83. The molecule has 0 radical (unpaired) electrons. The molecule has 0 heterocycles. The van der Waals surface area contributed by atoms with Gasteiger partial charge in [0.1, 0.15) is 5.82 Å². The second-order valence-corrected chi connectivity index (χ2v) is 4.09. The van der Waals surface area contributed by atoms with Crippen molar-refractivity contribution in [3.05, 3.63) is 35.6 Å². The number of halogens is 1. The monoisotopic (exact) mass is 211 g/mol.